The molecule has 2 aromatic rings. The molecule has 1 heterocycles. The average Bonchev–Trinajstić information content (AvgIpc) is 3.05. The Balaban J connectivity index is 1.87. The van der Waals surface area contributed by atoms with Crippen LogP contribution in [-0.4, -0.2) is 33.2 Å². The molecule has 7 heteroatoms. The van der Waals surface area contributed by atoms with Crippen molar-refractivity contribution in [2.24, 2.45) is 4.99 Å². The predicted octanol–water partition coefficient (Wildman–Crippen LogP) is 4.38. The SMILES string of the molecule is COc1cc(/C=C2N=C(/C=C/c3ccc(Cl)cc3)OC/2=O)cc(OC)c1OC. The molecular formula is C21H18ClNO5. The van der Waals surface area contributed by atoms with Gasteiger partial charge < -0.3 is 18.9 Å². The van der Waals surface area contributed by atoms with Crippen molar-refractivity contribution in [2.75, 3.05) is 21.3 Å². The summed E-state index contributed by atoms with van der Waals surface area (Å²) < 4.78 is 21.1. The number of methoxy groups -OCH3 is 3. The Hall–Kier alpha value is -3.25. The zero-order chi connectivity index (χ0) is 20.1. The van der Waals surface area contributed by atoms with E-state index in [9.17, 15) is 4.79 Å². The molecule has 1 aliphatic rings. The first-order chi connectivity index (χ1) is 13.5. The summed E-state index contributed by atoms with van der Waals surface area (Å²) in [5, 5.41) is 0.650. The third kappa shape index (κ3) is 4.35. The zero-order valence-electron chi connectivity index (χ0n) is 15.6. The van der Waals surface area contributed by atoms with E-state index in [1.807, 2.05) is 12.1 Å². The monoisotopic (exact) mass is 399 g/mol. The van der Waals surface area contributed by atoms with Crippen LogP contribution in [0.2, 0.25) is 5.02 Å². The Bertz CT molecular complexity index is 952. The first-order valence-corrected chi connectivity index (χ1v) is 8.68. The van der Waals surface area contributed by atoms with Gasteiger partial charge in [0.1, 0.15) is 0 Å². The third-order valence-electron chi connectivity index (χ3n) is 3.92. The molecule has 28 heavy (non-hydrogen) atoms. The second-order valence-corrected chi connectivity index (χ2v) is 6.15. The van der Waals surface area contributed by atoms with Crippen molar-refractivity contribution in [3.8, 4) is 17.2 Å². The van der Waals surface area contributed by atoms with E-state index < -0.39 is 5.97 Å². The maximum Gasteiger partial charge on any atom is 0.363 e. The number of hydrogen-bond acceptors (Lipinski definition) is 6. The van der Waals surface area contributed by atoms with E-state index >= 15 is 0 Å². The topological polar surface area (TPSA) is 66.4 Å². The van der Waals surface area contributed by atoms with Crippen LogP contribution >= 0.6 is 11.6 Å². The van der Waals surface area contributed by atoms with Crippen LogP contribution in [0.25, 0.3) is 12.2 Å². The normalized spacial score (nSPS) is 14.9. The Labute approximate surface area is 167 Å². The molecule has 0 fully saturated rings. The van der Waals surface area contributed by atoms with Crippen molar-refractivity contribution >= 4 is 35.6 Å². The molecule has 1 aliphatic heterocycles. The van der Waals surface area contributed by atoms with Gasteiger partial charge in [-0.3, -0.25) is 0 Å². The predicted molar refractivity (Wildman–Crippen MR) is 108 cm³/mol. The Morgan fingerprint density at radius 1 is 0.929 bits per heavy atom. The molecule has 0 atom stereocenters. The number of benzene rings is 2. The zero-order valence-corrected chi connectivity index (χ0v) is 16.3. The molecule has 144 valence electrons. The molecule has 0 N–H and O–H groups in total. The first kappa shape index (κ1) is 19.5. The van der Waals surface area contributed by atoms with Gasteiger partial charge in [-0.15, -0.1) is 0 Å². The minimum absolute atomic E-state index is 0.171. The molecule has 0 aromatic heterocycles. The van der Waals surface area contributed by atoms with Crippen molar-refractivity contribution < 1.29 is 23.7 Å². The van der Waals surface area contributed by atoms with Crippen LogP contribution in [0, 0.1) is 0 Å². The molecule has 6 nitrogen and oxygen atoms in total. The van der Waals surface area contributed by atoms with E-state index in [1.54, 1.807) is 42.5 Å². The minimum Gasteiger partial charge on any atom is -0.493 e. The fourth-order valence-electron chi connectivity index (χ4n) is 2.58. The number of carbonyl (C=O) groups is 1. The minimum atomic E-state index is -0.537. The lowest BCUT2D eigenvalue weighted by Gasteiger charge is -2.12. The number of nitrogens with zero attached hydrogens (tertiary/aromatic N) is 1. The molecule has 0 saturated heterocycles. The Morgan fingerprint density at radius 3 is 2.14 bits per heavy atom. The van der Waals surface area contributed by atoms with E-state index in [-0.39, 0.29) is 11.6 Å². The van der Waals surface area contributed by atoms with Crippen LogP contribution in [0.15, 0.2) is 53.2 Å². The average molecular weight is 400 g/mol. The molecule has 0 radical (unpaired) electrons. The van der Waals surface area contributed by atoms with E-state index in [0.29, 0.717) is 27.8 Å². The Kier molecular flexibility index (Phi) is 6.01. The molecule has 0 aliphatic carbocycles. The smallest absolute Gasteiger partial charge is 0.363 e. The summed E-state index contributed by atoms with van der Waals surface area (Å²) in [6.45, 7) is 0. The van der Waals surface area contributed by atoms with Crippen molar-refractivity contribution in [1.82, 2.24) is 0 Å². The number of cyclic esters (lactones) is 1. The number of aliphatic imine (C=N–C) groups is 1. The standard InChI is InChI=1S/C21H18ClNO5/c1-25-17-11-14(12-18(26-2)20(17)27-3)10-16-21(24)28-19(23-16)9-6-13-4-7-15(22)8-5-13/h4-12H,1-3H3/b9-6+,16-10+. The third-order valence-corrected chi connectivity index (χ3v) is 4.17. The maximum absolute atomic E-state index is 12.1. The van der Waals surface area contributed by atoms with Gasteiger partial charge in [0, 0.05) is 11.1 Å². The molecule has 0 spiro atoms. The molecule has 0 saturated carbocycles. The summed E-state index contributed by atoms with van der Waals surface area (Å²) in [6, 6.07) is 10.7. The van der Waals surface area contributed by atoms with Gasteiger partial charge >= 0.3 is 5.97 Å². The van der Waals surface area contributed by atoms with Gasteiger partial charge in [0.2, 0.25) is 11.6 Å². The summed E-state index contributed by atoms with van der Waals surface area (Å²) in [5.41, 5.74) is 1.74. The fraction of sp³-hybridized carbons (Fsp3) is 0.143. The highest BCUT2D eigenvalue weighted by molar-refractivity contribution is 6.30. The van der Waals surface area contributed by atoms with Gasteiger partial charge in [-0.05, 0) is 47.5 Å². The van der Waals surface area contributed by atoms with Crippen LogP contribution in [0.4, 0.5) is 0 Å². The largest absolute Gasteiger partial charge is 0.493 e. The first-order valence-electron chi connectivity index (χ1n) is 8.30. The maximum atomic E-state index is 12.1. The van der Waals surface area contributed by atoms with Gasteiger partial charge in [0.15, 0.2) is 17.2 Å². The van der Waals surface area contributed by atoms with Crippen LogP contribution in [-0.2, 0) is 9.53 Å². The lowest BCUT2D eigenvalue weighted by Crippen LogP contribution is -2.01. The summed E-state index contributed by atoms with van der Waals surface area (Å²) in [7, 11) is 4.57. The molecule has 3 rings (SSSR count). The fourth-order valence-corrected chi connectivity index (χ4v) is 2.71. The van der Waals surface area contributed by atoms with Gasteiger partial charge in [0.25, 0.3) is 0 Å². The highest BCUT2D eigenvalue weighted by Gasteiger charge is 2.22. The Morgan fingerprint density at radius 2 is 1.57 bits per heavy atom. The van der Waals surface area contributed by atoms with Crippen LogP contribution in [0.5, 0.6) is 17.2 Å². The van der Waals surface area contributed by atoms with Gasteiger partial charge in [-0.2, -0.15) is 0 Å². The van der Waals surface area contributed by atoms with Crippen LogP contribution in [0.3, 0.4) is 0 Å². The van der Waals surface area contributed by atoms with Gasteiger partial charge in [-0.1, -0.05) is 23.7 Å². The van der Waals surface area contributed by atoms with Crippen molar-refractivity contribution in [3.63, 3.8) is 0 Å². The number of ether oxygens (including phenoxy) is 4. The highest BCUT2D eigenvalue weighted by atomic mass is 35.5. The second kappa shape index (κ2) is 8.63. The van der Waals surface area contributed by atoms with E-state index in [1.165, 1.54) is 21.3 Å². The number of carbonyl (C=O) groups excluding carboxylic acids is 1. The second-order valence-electron chi connectivity index (χ2n) is 5.71. The van der Waals surface area contributed by atoms with Crippen molar-refractivity contribution in [3.05, 3.63) is 64.3 Å². The molecule has 0 unspecified atom stereocenters. The summed E-state index contributed by atoms with van der Waals surface area (Å²) in [5.74, 6) is 1.10. The number of rotatable bonds is 6. The van der Waals surface area contributed by atoms with E-state index in [2.05, 4.69) is 4.99 Å². The van der Waals surface area contributed by atoms with Crippen molar-refractivity contribution in [1.29, 1.82) is 0 Å². The summed E-state index contributed by atoms with van der Waals surface area (Å²) in [6.07, 6.45) is 5.00. The van der Waals surface area contributed by atoms with Gasteiger partial charge in [-0.25, -0.2) is 9.79 Å². The van der Waals surface area contributed by atoms with Crippen molar-refractivity contribution in [2.45, 2.75) is 0 Å². The summed E-state index contributed by atoms with van der Waals surface area (Å²) >= 11 is 5.87. The lowest BCUT2D eigenvalue weighted by atomic mass is 10.1. The van der Waals surface area contributed by atoms with Crippen LogP contribution < -0.4 is 14.2 Å². The van der Waals surface area contributed by atoms with E-state index in [0.717, 1.165) is 5.56 Å². The number of esters is 1. The molecular weight excluding hydrogens is 382 g/mol. The van der Waals surface area contributed by atoms with Gasteiger partial charge in [0.05, 0.1) is 21.3 Å². The quantitative estimate of drug-likeness (QED) is 0.533. The van der Waals surface area contributed by atoms with Crippen LogP contribution in [0.1, 0.15) is 11.1 Å². The number of hydrogen-bond donors (Lipinski definition) is 0. The number of halogens is 1. The highest BCUT2D eigenvalue weighted by Crippen LogP contribution is 2.38. The molecule has 0 bridgehead atoms. The molecule has 0 amide bonds. The lowest BCUT2D eigenvalue weighted by molar-refractivity contribution is -0.129. The molecule has 2 aromatic carbocycles. The summed E-state index contributed by atoms with van der Waals surface area (Å²) in [4.78, 5) is 16.4. The van der Waals surface area contributed by atoms with E-state index in [4.69, 9.17) is 30.5 Å².